The molecule has 0 bridgehead atoms. The summed E-state index contributed by atoms with van der Waals surface area (Å²) < 4.78 is 0. The number of rotatable bonds is 4. The van der Waals surface area contributed by atoms with Crippen molar-refractivity contribution in [2.24, 2.45) is 10.8 Å². The molecule has 0 saturated heterocycles. The molecule has 0 aliphatic rings. The van der Waals surface area contributed by atoms with Crippen molar-refractivity contribution in [2.75, 3.05) is 0 Å². The predicted molar refractivity (Wildman–Crippen MR) is 66.4 cm³/mol. The Kier molecular flexibility index (Phi) is 5.18. The maximum atomic E-state index is 2.32. The lowest BCUT2D eigenvalue weighted by molar-refractivity contribution is 0.479. The third-order valence-electron chi connectivity index (χ3n) is 2.07. The van der Waals surface area contributed by atoms with E-state index >= 15 is 0 Å². The third-order valence-corrected chi connectivity index (χ3v) is 2.07. The molecular weight excluding hydrogens is 168 g/mol. The van der Waals surface area contributed by atoms with Crippen molar-refractivity contribution in [1.82, 2.24) is 0 Å². The van der Waals surface area contributed by atoms with E-state index in [2.05, 4.69) is 65.8 Å². The van der Waals surface area contributed by atoms with Crippen LogP contribution in [0.1, 0.15) is 54.4 Å². The second kappa shape index (κ2) is 5.38. The summed E-state index contributed by atoms with van der Waals surface area (Å²) >= 11 is 0. The highest BCUT2D eigenvalue weighted by molar-refractivity contribution is 5.01. The van der Waals surface area contributed by atoms with Crippen LogP contribution in [0.3, 0.4) is 0 Å². The summed E-state index contributed by atoms with van der Waals surface area (Å²) in [6.45, 7) is 13.4. The van der Waals surface area contributed by atoms with E-state index < -0.39 is 0 Å². The minimum absolute atomic E-state index is 0.303. The van der Waals surface area contributed by atoms with E-state index in [1.165, 1.54) is 0 Å². The van der Waals surface area contributed by atoms with Crippen LogP contribution in [0.15, 0.2) is 24.3 Å². The van der Waals surface area contributed by atoms with Crippen molar-refractivity contribution >= 4 is 0 Å². The van der Waals surface area contributed by atoms with Gasteiger partial charge < -0.3 is 0 Å². The molecule has 0 N–H and O–H groups in total. The molecular formula is C14H26. The first-order valence-corrected chi connectivity index (χ1v) is 5.62. The molecule has 0 nitrogen and oxygen atoms in total. The SMILES string of the molecule is CC/C=C/C(C)(C)C/C=C/C(C)(C)C. The van der Waals surface area contributed by atoms with Gasteiger partial charge in [-0.3, -0.25) is 0 Å². The summed E-state index contributed by atoms with van der Waals surface area (Å²) in [4.78, 5) is 0. The number of hydrogen-bond acceptors (Lipinski definition) is 0. The minimum Gasteiger partial charge on any atom is -0.0883 e. The molecule has 0 atom stereocenters. The zero-order valence-corrected chi connectivity index (χ0v) is 10.7. The first-order chi connectivity index (χ1) is 6.27. The monoisotopic (exact) mass is 194 g/mol. The van der Waals surface area contributed by atoms with Crippen LogP contribution in [-0.4, -0.2) is 0 Å². The van der Waals surface area contributed by atoms with E-state index in [1.54, 1.807) is 0 Å². The molecule has 0 saturated carbocycles. The lowest BCUT2D eigenvalue weighted by Crippen LogP contribution is -2.06. The zero-order chi connectivity index (χ0) is 11.2. The van der Waals surface area contributed by atoms with Crippen LogP contribution >= 0.6 is 0 Å². The van der Waals surface area contributed by atoms with Crippen LogP contribution in [0.4, 0.5) is 0 Å². The maximum Gasteiger partial charge on any atom is -0.0140 e. The van der Waals surface area contributed by atoms with Gasteiger partial charge in [-0.05, 0) is 23.7 Å². The largest absolute Gasteiger partial charge is 0.0883 e. The van der Waals surface area contributed by atoms with Crippen LogP contribution in [0.5, 0.6) is 0 Å². The Morgan fingerprint density at radius 3 is 1.86 bits per heavy atom. The van der Waals surface area contributed by atoms with Gasteiger partial charge >= 0.3 is 0 Å². The van der Waals surface area contributed by atoms with Crippen LogP contribution in [0, 0.1) is 10.8 Å². The van der Waals surface area contributed by atoms with Crippen LogP contribution in [-0.2, 0) is 0 Å². The summed E-state index contributed by atoms with van der Waals surface area (Å²) in [6, 6.07) is 0. The van der Waals surface area contributed by atoms with Crippen molar-refractivity contribution in [1.29, 1.82) is 0 Å². The van der Waals surface area contributed by atoms with Gasteiger partial charge in [-0.15, -0.1) is 0 Å². The summed E-state index contributed by atoms with van der Waals surface area (Å²) in [5.74, 6) is 0. The summed E-state index contributed by atoms with van der Waals surface area (Å²) in [6.07, 6.45) is 11.4. The predicted octanol–water partition coefficient (Wildman–Crippen LogP) is 4.97. The molecule has 0 amide bonds. The van der Waals surface area contributed by atoms with Crippen molar-refractivity contribution in [3.63, 3.8) is 0 Å². The van der Waals surface area contributed by atoms with E-state index in [-0.39, 0.29) is 0 Å². The number of hydrogen-bond donors (Lipinski definition) is 0. The van der Waals surface area contributed by atoms with Gasteiger partial charge in [0.2, 0.25) is 0 Å². The van der Waals surface area contributed by atoms with E-state index in [0.29, 0.717) is 10.8 Å². The average molecular weight is 194 g/mol. The molecule has 0 spiro atoms. The highest BCUT2D eigenvalue weighted by Gasteiger charge is 2.11. The Labute approximate surface area is 90.1 Å². The summed E-state index contributed by atoms with van der Waals surface area (Å²) in [7, 11) is 0. The van der Waals surface area contributed by atoms with Gasteiger partial charge in [-0.1, -0.05) is 65.8 Å². The number of allylic oxidation sites excluding steroid dienone is 4. The second-order valence-electron chi connectivity index (χ2n) is 5.77. The van der Waals surface area contributed by atoms with Gasteiger partial charge in [0.25, 0.3) is 0 Å². The molecule has 0 fully saturated rings. The van der Waals surface area contributed by atoms with Crippen LogP contribution < -0.4 is 0 Å². The first kappa shape index (κ1) is 13.5. The zero-order valence-electron chi connectivity index (χ0n) is 10.7. The van der Waals surface area contributed by atoms with E-state index in [4.69, 9.17) is 0 Å². The van der Waals surface area contributed by atoms with E-state index in [9.17, 15) is 0 Å². The van der Waals surface area contributed by atoms with E-state index in [0.717, 1.165) is 12.8 Å². The molecule has 82 valence electrons. The molecule has 0 aromatic rings. The Morgan fingerprint density at radius 2 is 1.43 bits per heavy atom. The molecule has 0 aliphatic carbocycles. The fourth-order valence-corrected chi connectivity index (χ4v) is 1.22. The quantitative estimate of drug-likeness (QED) is 0.554. The molecule has 0 aliphatic heterocycles. The molecule has 0 radical (unpaired) electrons. The molecule has 0 aromatic heterocycles. The molecule has 14 heavy (non-hydrogen) atoms. The smallest absolute Gasteiger partial charge is 0.0140 e. The normalized spacial score (nSPS) is 14.4. The maximum absolute atomic E-state index is 2.32. The van der Waals surface area contributed by atoms with E-state index in [1.807, 2.05) is 0 Å². The lowest BCUT2D eigenvalue weighted by atomic mass is 9.87. The van der Waals surface area contributed by atoms with Gasteiger partial charge in [0, 0.05) is 0 Å². The average Bonchev–Trinajstić information content (AvgIpc) is 1.98. The highest BCUT2D eigenvalue weighted by Crippen LogP contribution is 2.24. The van der Waals surface area contributed by atoms with Crippen LogP contribution in [0.25, 0.3) is 0 Å². The topological polar surface area (TPSA) is 0 Å². The van der Waals surface area contributed by atoms with Crippen molar-refractivity contribution < 1.29 is 0 Å². The van der Waals surface area contributed by atoms with Gasteiger partial charge in [0.05, 0.1) is 0 Å². The van der Waals surface area contributed by atoms with Crippen molar-refractivity contribution in [2.45, 2.75) is 54.4 Å². The summed E-state index contributed by atoms with van der Waals surface area (Å²) in [5.41, 5.74) is 0.613. The lowest BCUT2D eigenvalue weighted by Gasteiger charge is -2.19. The first-order valence-electron chi connectivity index (χ1n) is 5.62. The molecule has 0 rings (SSSR count). The Hall–Kier alpha value is -0.520. The Balaban J connectivity index is 4.11. The molecule has 0 heterocycles. The standard InChI is InChI=1S/C14H26/c1-7-8-11-14(5,6)12-9-10-13(2,3)4/h8-11H,7,12H2,1-6H3/b10-9+,11-8+. The second-order valence-corrected chi connectivity index (χ2v) is 5.77. The molecule has 0 unspecified atom stereocenters. The van der Waals surface area contributed by atoms with Gasteiger partial charge in [0.15, 0.2) is 0 Å². The van der Waals surface area contributed by atoms with Crippen molar-refractivity contribution in [3.8, 4) is 0 Å². The van der Waals surface area contributed by atoms with Gasteiger partial charge in [-0.2, -0.15) is 0 Å². The fourth-order valence-electron chi connectivity index (χ4n) is 1.22. The Morgan fingerprint density at radius 1 is 0.857 bits per heavy atom. The third kappa shape index (κ3) is 8.10. The fraction of sp³-hybridized carbons (Fsp3) is 0.714. The van der Waals surface area contributed by atoms with Gasteiger partial charge in [-0.25, -0.2) is 0 Å². The molecule has 0 heteroatoms. The highest BCUT2D eigenvalue weighted by atomic mass is 14.2. The molecule has 0 aromatic carbocycles. The minimum atomic E-state index is 0.303. The van der Waals surface area contributed by atoms with Crippen molar-refractivity contribution in [3.05, 3.63) is 24.3 Å². The Bertz CT molecular complexity index is 199. The summed E-state index contributed by atoms with van der Waals surface area (Å²) in [5, 5.41) is 0. The van der Waals surface area contributed by atoms with Crippen LogP contribution in [0.2, 0.25) is 0 Å². The van der Waals surface area contributed by atoms with Gasteiger partial charge in [0.1, 0.15) is 0 Å².